The van der Waals surface area contributed by atoms with E-state index in [0.29, 0.717) is 23.9 Å². The molecule has 27 heavy (non-hydrogen) atoms. The molecule has 0 amide bonds. The highest BCUT2D eigenvalue weighted by Crippen LogP contribution is 2.21. The molecule has 3 rings (SSSR count). The van der Waals surface area contributed by atoms with Gasteiger partial charge in [-0.2, -0.15) is 4.31 Å². The van der Waals surface area contributed by atoms with Crippen LogP contribution in [-0.4, -0.2) is 88.1 Å². The Balaban J connectivity index is 1.46. The maximum absolute atomic E-state index is 12.9. The molecule has 1 aromatic rings. The number of morpholine rings is 1. The molecule has 0 spiro atoms. The van der Waals surface area contributed by atoms with E-state index in [1.54, 1.807) is 16.4 Å². The quantitative estimate of drug-likeness (QED) is 0.705. The molecule has 0 saturated carbocycles. The van der Waals surface area contributed by atoms with E-state index in [9.17, 15) is 8.42 Å². The van der Waals surface area contributed by atoms with Crippen molar-refractivity contribution in [1.29, 1.82) is 0 Å². The monoisotopic (exact) mass is 395 g/mol. The fraction of sp³-hybridized carbons (Fsp3) is 0.700. The van der Waals surface area contributed by atoms with E-state index in [1.165, 1.54) is 5.56 Å². The van der Waals surface area contributed by atoms with Crippen LogP contribution in [0.15, 0.2) is 29.2 Å². The van der Waals surface area contributed by atoms with Gasteiger partial charge in [0, 0.05) is 39.3 Å². The van der Waals surface area contributed by atoms with E-state index in [2.05, 4.69) is 23.6 Å². The van der Waals surface area contributed by atoms with Crippen molar-refractivity contribution in [3.8, 4) is 0 Å². The molecule has 2 aliphatic heterocycles. The highest BCUT2D eigenvalue weighted by Gasteiger charge is 2.28. The number of rotatable bonds is 7. The van der Waals surface area contributed by atoms with Crippen LogP contribution in [0.25, 0.3) is 0 Å². The first-order chi connectivity index (χ1) is 13.0. The van der Waals surface area contributed by atoms with Crippen LogP contribution in [0, 0.1) is 0 Å². The van der Waals surface area contributed by atoms with Crippen LogP contribution in [0.5, 0.6) is 0 Å². The molecule has 0 aromatic heterocycles. The van der Waals surface area contributed by atoms with Crippen LogP contribution >= 0.6 is 0 Å². The topological polar surface area (TPSA) is 53.1 Å². The van der Waals surface area contributed by atoms with Gasteiger partial charge in [0.1, 0.15) is 0 Å². The first-order valence-corrected chi connectivity index (χ1v) is 11.5. The maximum atomic E-state index is 12.9. The number of ether oxygens (including phenoxy) is 1. The summed E-state index contributed by atoms with van der Waals surface area (Å²) in [6, 6.07) is 7.36. The third-order valence-electron chi connectivity index (χ3n) is 5.57. The van der Waals surface area contributed by atoms with Gasteiger partial charge in [-0.1, -0.05) is 26.0 Å². The Bertz CT molecular complexity index is 677. The summed E-state index contributed by atoms with van der Waals surface area (Å²) in [5, 5.41) is 0. The molecule has 6 nitrogen and oxygen atoms in total. The lowest BCUT2D eigenvalue weighted by Crippen LogP contribution is -2.49. The van der Waals surface area contributed by atoms with Crippen LogP contribution in [0.4, 0.5) is 0 Å². The van der Waals surface area contributed by atoms with Gasteiger partial charge in [-0.15, -0.1) is 0 Å². The van der Waals surface area contributed by atoms with Crippen molar-refractivity contribution in [3.63, 3.8) is 0 Å². The van der Waals surface area contributed by atoms with Gasteiger partial charge in [0.05, 0.1) is 18.1 Å². The fourth-order valence-electron chi connectivity index (χ4n) is 3.71. The summed E-state index contributed by atoms with van der Waals surface area (Å²) in [6.45, 7) is 12.9. The molecule has 0 bridgehead atoms. The van der Waals surface area contributed by atoms with Crippen LogP contribution in [0.3, 0.4) is 0 Å². The number of nitrogens with zero attached hydrogens (tertiary/aromatic N) is 3. The lowest BCUT2D eigenvalue weighted by Gasteiger charge is -2.34. The van der Waals surface area contributed by atoms with Gasteiger partial charge >= 0.3 is 0 Å². The molecule has 2 aliphatic rings. The fourth-order valence-corrected chi connectivity index (χ4v) is 5.13. The predicted octanol–water partition coefficient (Wildman–Crippen LogP) is 1.84. The molecule has 0 radical (unpaired) electrons. The molecule has 2 heterocycles. The van der Waals surface area contributed by atoms with Crippen LogP contribution in [-0.2, 0) is 14.8 Å². The number of hydrogen-bond donors (Lipinski definition) is 0. The highest BCUT2D eigenvalue weighted by molar-refractivity contribution is 7.89. The number of sulfonamides is 1. The first kappa shape index (κ1) is 20.7. The molecular weight excluding hydrogens is 362 g/mol. The highest BCUT2D eigenvalue weighted by atomic mass is 32.2. The zero-order valence-electron chi connectivity index (χ0n) is 16.6. The molecule has 0 atom stereocenters. The molecule has 7 heteroatoms. The Morgan fingerprint density at radius 2 is 1.44 bits per heavy atom. The summed E-state index contributed by atoms with van der Waals surface area (Å²) in [5.41, 5.74) is 1.17. The molecular formula is C20H33N3O3S. The van der Waals surface area contributed by atoms with Crippen molar-refractivity contribution in [2.45, 2.75) is 31.1 Å². The summed E-state index contributed by atoms with van der Waals surface area (Å²) >= 11 is 0. The van der Waals surface area contributed by atoms with Crippen LogP contribution < -0.4 is 0 Å². The second kappa shape index (κ2) is 9.47. The second-order valence-corrected chi connectivity index (χ2v) is 9.71. The Morgan fingerprint density at radius 1 is 0.889 bits per heavy atom. The van der Waals surface area contributed by atoms with E-state index in [1.807, 2.05) is 12.1 Å². The minimum absolute atomic E-state index is 0.405. The van der Waals surface area contributed by atoms with Crippen molar-refractivity contribution in [2.75, 3.05) is 65.6 Å². The largest absolute Gasteiger partial charge is 0.379 e. The predicted molar refractivity (Wildman–Crippen MR) is 108 cm³/mol. The average molecular weight is 396 g/mol. The van der Waals surface area contributed by atoms with Gasteiger partial charge in [0.2, 0.25) is 10.0 Å². The standard InChI is InChI=1S/C20H33N3O3S/c1-18(2)19-4-6-20(7-5-19)27(24,25)23-12-10-21(11-13-23)8-3-9-22-14-16-26-17-15-22/h4-7,18H,3,8-17H2,1-2H3. The molecule has 0 N–H and O–H groups in total. The third-order valence-corrected chi connectivity index (χ3v) is 7.48. The molecule has 1 aromatic carbocycles. The van der Waals surface area contributed by atoms with E-state index in [4.69, 9.17) is 4.74 Å². The van der Waals surface area contributed by atoms with Gasteiger partial charge < -0.3 is 9.64 Å². The molecule has 2 saturated heterocycles. The smallest absolute Gasteiger partial charge is 0.243 e. The number of piperazine rings is 1. The van der Waals surface area contributed by atoms with E-state index < -0.39 is 10.0 Å². The van der Waals surface area contributed by atoms with Crippen LogP contribution in [0.1, 0.15) is 31.7 Å². The minimum atomic E-state index is -3.38. The van der Waals surface area contributed by atoms with E-state index in [-0.39, 0.29) is 0 Å². The van der Waals surface area contributed by atoms with E-state index in [0.717, 1.165) is 58.9 Å². The van der Waals surface area contributed by atoms with Crippen molar-refractivity contribution >= 4 is 10.0 Å². The van der Waals surface area contributed by atoms with Crippen molar-refractivity contribution < 1.29 is 13.2 Å². The Morgan fingerprint density at radius 3 is 2.00 bits per heavy atom. The van der Waals surface area contributed by atoms with Crippen molar-refractivity contribution in [3.05, 3.63) is 29.8 Å². The maximum Gasteiger partial charge on any atom is 0.243 e. The summed E-state index contributed by atoms with van der Waals surface area (Å²) < 4.78 is 32.8. The van der Waals surface area contributed by atoms with Gasteiger partial charge in [0.15, 0.2) is 0 Å². The first-order valence-electron chi connectivity index (χ1n) is 10.1. The summed E-state index contributed by atoms with van der Waals surface area (Å²) in [6.07, 6.45) is 1.13. The second-order valence-electron chi connectivity index (χ2n) is 7.78. The summed E-state index contributed by atoms with van der Waals surface area (Å²) in [4.78, 5) is 5.24. The van der Waals surface area contributed by atoms with Gasteiger partial charge in [-0.05, 0) is 43.1 Å². The normalized spacial score (nSPS) is 21.0. The Hall–Kier alpha value is -0.990. The molecule has 0 aliphatic carbocycles. The van der Waals surface area contributed by atoms with Gasteiger partial charge in [-0.3, -0.25) is 4.90 Å². The minimum Gasteiger partial charge on any atom is -0.379 e. The zero-order valence-corrected chi connectivity index (χ0v) is 17.5. The van der Waals surface area contributed by atoms with E-state index >= 15 is 0 Å². The Labute approximate surface area is 164 Å². The van der Waals surface area contributed by atoms with Crippen LogP contribution in [0.2, 0.25) is 0 Å². The van der Waals surface area contributed by atoms with Gasteiger partial charge in [0.25, 0.3) is 0 Å². The van der Waals surface area contributed by atoms with Crippen molar-refractivity contribution in [2.24, 2.45) is 0 Å². The number of benzene rings is 1. The molecule has 152 valence electrons. The zero-order chi connectivity index (χ0) is 19.3. The molecule has 2 fully saturated rings. The lowest BCUT2D eigenvalue weighted by molar-refractivity contribution is 0.0356. The summed E-state index contributed by atoms with van der Waals surface area (Å²) in [7, 11) is -3.38. The third kappa shape index (κ3) is 5.51. The number of hydrogen-bond acceptors (Lipinski definition) is 5. The Kier molecular flexibility index (Phi) is 7.28. The van der Waals surface area contributed by atoms with Crippen molar-refractivity contribution in [1.82, 2.24) is 14.1 Å². The van der Waals surface area contributed by atoms with Gasteiger partial charge in [-0.25, -0.2) is 8.42 Å². The average Bonchev–Trinajstić information content (AvgIpc) is 2.69. The SMILES string of the molecule is CC(C)c1ccc(S(=O)(=O)N2CCN(CCCN3CCOCC3)CC2)cc1. The molecule has 0 unspecified atom stereocenters. The summed E-state index contributed by atoms with van der Waals surface area (Å²) in [5.74, 6) is 0.405. The lowest BCUT2D eigenvalue weighted by atomic mass is 10.0.